The van der Waals surface area contributed by atoms with E-state index in [-0.39, 0.29) is 28.6 Å². The molecule has 2 aliphatic carbocycles. The summed E-state index contributed by atoms with van der Waals surface area (Å²) in [7, 11) is 0. The number of allylic oxidation sites excluding steroid dienone is 3. The number of rotatable bonds is 1. The second-order valence-corrected chi connectivity index (χ2v) is 11.3. The average molecular weight is 408 g/mol. The molecule has 0 aromatic heterocycles. The molecular weight excluding hydrogens is 377 g/mol. The van der Waals surface area contributed by atoms with Crippen molar-refractivity contribution in [2.45, 2.75) is 78.3 Å². The highest BCUT2D eigenvalue weighted by Gasteiger charge is 2.57. The molecule has 1 aromatic rings. The van der Waals surface area contributed by atoms with Gasteiger partial charge in [-0.05, 0) is 53.7 Å². The van der Waals surface area contributed by atoms with E-state index in [4.69, 9.17) is 0 Å². The molecule has 158 valence electrons. The van der Waals surface area contributed by atoms with Gasteiger partial charge >= 0.3 is 0 Å². The van der Waals surface area contributed by atoms with E-state index in [9.17, 15) is 9.18 Å². The summed E-state index contributed by atoms with van der Waals surface area (Å²) in [6.07, 6.45) is 3.17. The van der Waals surface area contributed by atoms with Crippen molar-refractivity contribution >= 4 is 5.78 Å². The van der Waals surface area contributed by atoms with Gasteiger partial charge in [0.05, 0.1) is 11.1 Å². The van der Waals surface area contributed by atoms with Gasteiger partial charge in [0.2, 0.25) is 0 Å². The van der Waals surface area contributed by atoms with E-state index < -0.39 is 5.41 Å². The number of carbonyl (C=O) groups is 1. The SMILES string of the molecule is CC(C)(C)CC1=C2C(N=N1)NC1=C(C(=O)CC(C)(C)C1)[C@@]21CCc2c(F)cccc21. The molecule has 2 heterocycles. The zero-order valence-corrected chi connectivity index (χ0v) is 18.5. The standard InChI is InChI=1S/C25H30FN3O/c1-23(2,3)11-18-21-22(29-28-18)27-17-12-24(4,5)13-19(30)20(17)25(21)10-9-14-15(25)7-6-8-16(14)26/h6-8,22,27H,9-13H2,1-5H3/t22?,25-/m0/s1. The molecular formula is C25H30FN3O. The summed E-state index contributed by atoms with van der Waals surface area (Å²) in [6, 6.07) is 5.33. The Morgan fingerprint density at radius 3 is 2.73 bits per heavy atom. The van der Waals surface area contributed by atoms with E-state index in [0.717, 1.165) is 46.5 Å². The zero-order chi connectivity index (χ0) is 21.5. The maximum atomic E-state index is 14.8. The molecule has 2 aliphatic heterocycles. The molecule has 4 aliphatic rings. The van der Waals surface area contributed by atoms with Crippen LogP contribution >= 0.6 is 0 Å². The summed E-state index contributed by atoms with van der Waals surface area (Å²) < 4.78 is 14.8. The highest BCUT2D eigenvalue weighted by atomic mass is 19.1. The Kier molecular flexibility index (Phi) is 4.01. The van der Waals surface area contributed by atoms with E-state index in [1.165, 1.54) is 6.07 Å². The third-order valence-electron chi connectivity index (χ3n) is 6.98. The predicted octanol–water partition coefficient (Wildman–Crippen LogP) is 5.74. The molecule has 1 spiro atoms. The number of carbonyl (C=O) groups excluding carboxylic acids is 1. The van der Waals surface area contributed by atoms with Gasteiger partial charge in [-0.15, -0.1) is 0 Å². The maximum absolute atomic E-state index is 14.8. The number of azo groups is 1. The van der Waals surface area contributed by atoms with Crippen molar-refractivity contribution in [3.63, 3.8) is 0 Å². The lowest BCUT2D eigenvalue weighted by Gasteiger charge is -2.47. The van der Waals surface area contributed by atoms with Crippen molar-refractivity contribution in [1.82, 2.24) is 5.32 Å². The fraction of sp³-hybridized carbons (Fsp3) is 0.560. The van der Waals surface area contributed by atoms with Crippen LogP contribution in [0.2, 0.25) is 0 Å². The normalized spacial score (nSPS) is 29.3. The number of ketones is 1. The number of halogens is 1. The largest absolute Gasteiger partial charge is 0.362 e. The molecule has 30 heavy (non-hydrogen) atoms. The Labute approximate surface area is 177 Å². The van der Waals surface area contributed by atoms with Gasteiger partial charge < -0.3 is 5.32 Å². The minimum absolute atomic E-state index is 0.0357. The van der Waals surface area contributed by atoms with Crippen molar-refractivity contribution in [1.29, 1.82) is 0 Å². The van der Waals surface area contributed by atoms with Crippen LogP contribution in [0.3, 0.4) is 0 Å². The van der Waals surface area contributed by atoms with Crippen LogP contribution in [0.15, 0.2) is 51.0 Å². The molecule has 1 N–H and O–H groups in total. The Morgan fingerprint density at radius 2 is 2.00 bits per heavy atom. The smallest absolute Gasteiger partial charge is 0.165 e. The third kappa shape index (κ3) is 2.74. The number of hydrogen-bond donors (Lipinski definition) is 1. The van der Waals surface area contributed by atoms with Gasteiger partial charge in [-0.25, -0.2) is 4.39 Å². The van der Waals surface area contributed by atoms with Crippen molar-refractivity contribution in [3.8, 4) is 0 Å². The summed E-state index contributed by atoms with van der Waals surface area (Å²) in [4.78, 5) is 13.6. The first-order valence-corrected chi connectivity index (χ1v) is 11.0. The van der Waals surface area contributed by atoms with Gasteiger partial charge in [0.15, 0.2) is 11.9 Å². The first-order valence-electron chi connectivity index (χ1n) is 11.0. The van der Waals surface area contributed by atoms with Gasteiger partial charge in [-0.2, -0.15) is 10.2 Å². The van der Waals surface area contributed by atoms with E-state index in [1.807, 2.05) is 6.07 Å². The molecule has 0 fully saturated rings. The Bertz CT molecular complexity index is 1060. The number of nitrogens with zero attached hydrogens (tertiary/aromatic N) is 2. The van der Waals surface area contributed by atoms with Crippen LogP contribution < -0.4 is 5.32 Å². The highest BCUT2D eigenvalue weighted by molar-refractivity contribution is 6.02. The molecule has 0 saturated heterocycles. The van der Waals surface area contributed by atoms with Gasteiger partial charge in [-0.1, -0.05) is 46.8 Å². The summed E-state index contributed by atoms with van der Waals surface area (Å²) in [5, 5.41) is 12.8. The van der Waals surface area contributed by atoms with Gasteiger partial charge in [0, 0.05) is 23.3 Å². The van der Waals surface area contributed by atoms with Crippen LogP contribution in [0.4, 0.5) is 4.39 Å². The van der Waals surface area contributed by atoms with Gasteiger partial charge in [0.1, 0.15) is 5.82 Å². The number of Topliss-reactive ketones (excluding diaryl/α,β-unsaturated/α-hetero) is 1. The predicted molar refractivity (Wildman–Crippen MR) is 114 cm³/mol. The molecule has 4 nitrogen and oxygen atoms in total. The third-order valence-corrected chi connectivity index (χ3v) is 6.98. The first kappa shape index (κ1) is 19.7. The molecule has 5 rings (SSSR count). The minimum atomic E-state index is -0.611. The van der Waals surface area contributed by atoms with Crippen LogP contribution in [0.5, 0.6) is 0 Å². The van der Waals surface area contributed by atoms with Crippen LogP contribution in [0.25, 0.3) is 0 Å². The average Bonchev–Trinajstić information content (AvgIpc) is 3.16. The van der Waals surface area contributed by atoms with E-state index in [2.05, 4.69) is 50.2 Å². The lowest BCUT2D eigenvalue weighted by Crippen LogP contribution is -2.51. The number of fused-ring (bicyclic) bond motifs is 5. The van der Waals surface area contributed by atoms with Crippen LogP contribution in [0.1, 0.15) is 71.4 Å². The Morgan fingerprint density at radius 1 is 1.23 bits per heavy atom. The molecule has 2 atom stereocenters. The second kappa shape index (κ2) is 6.12. The monoisotopic (exact) mass is 407 g/mol. The quantitative estimate of drug-likeness (QED) is 0.645. The molecule has 0 bridgehead atoms. The molecule has 5 heteroatoms. The number of hydrogen-bond acceptors (Lipinski definition) is 4. The van der Waals surface area contributed by atoms with Crippen molar-refractivity contribution in [3.05, 3.63) is 57.7 Å². The molecule has 1 unspecified atom stereocenters. The van der Waals surface area contributed by atoms with Crippen molar-refractivity contribution < 1.29 is 9.18 Å². The fourth-order valence-electron chi connectivity index (χ4n) is 6.05. The summed E-state index contributed by atoms with van der Waals surface area (Å²) in [6.45, 7) is 10.8. The van der Waals surface area contributed by atoms with Crippen molar-refractivity contribution in [2.24, 2.45) is 21.1 Å². The summed E-state index contributed by atoms with van der Waals surface area (Å²) in [5.74, 6) is 0.00821. The molecule has 1 aromatic carbocycles. The summed E-state index contributed by atoms with van der Waals surface area (Å²) in [5.41, 5.74) is 4.89. The van der Waals surface area contributed by atoms with E-state index >= 15 is 0 Å². The lowest BCUT2D eigenvalue weighted by atomic mass is 9.59. The Balaban J connectivity index is 1.81. The minimum Gasteiger partial charge on any atom is -0.362 e. The van der Waals surface area contributed by atoms with E-state index in [0.29, 0.717) is 19.3 Å². The second-order valence-electron chi connectivity index (χ2n) is 11.3. The molecule has 0 radical (unpaired) electrons. The number of benzene rings is 1. The summed E-state index contributed by atoms with van der Waals surface area (Å²) >= 11 is 0. The zero-order valence-electron chi connectivity index (χ0n) is 18.5. The first-order chi connectivity index (χ1) is 14.0. The van der Waals surface area contributed by atoms with Crippen LogP contribution in [-0.2, 0) is 16.6 Å². The highest BCUT2D eigenvalue weighted by Crippen LogP contribution is 2.59. The van der Waals surface area contributed by atoms with E-state index in [1.54, 1.807) is 6.07 Å². The van der Waals surface area contributed by atoms with Crippen LogP contribution in [0, 0.1) is 16.6 Å². The lowest BCUT2D eigenvalue weighted by molar-refractivity contribution is -0.119. The van der Waals surface area contributed by atoms with Crippen LogP contribution in [-0.4, -0.2) is 11.9 Å². The maximum Gasteiger partial charge on any atom is 0.165 e. The van der Waals surface area contributed by atoms with Crippen molar-refractivity contribution in [2.75, 3.05) is 0 Å². The Hall–Kier alpha value is -2.30. The van der Waals surface area contributed by atoms with Gasteiger partial charge in [-0.3, -0.25) is 4.79 Å². The molecule has 0 saturated carbocycles. The molecule has 0 amide bonds. The topological polar surface area (TPSA) is 53.8 Å². The fourth-order valence-corrected chi connectivity index (χ4v) is 6.05. The van der Waals surface area contributed by atoms with Gasteiger partial charge in [0.25, 0.3) is 0 Å². The number of nitrogens with one attached hydrogen (secondary N) is 1.